The molecule has 0 heterocycles. The molecule has 0 aromatic heterocycles. The highest BCUT2D eigenvalue weighted by molar-refractivity contribution is 7.90. The molecule has 1 N–H and O–H groups in total. The zero-order valence-corrected chi connectivity index (χ0v) is 8.99. The minimum Gasteiger partial charge on any atom is -0.289 e. The summed E-state index contributed by atoms with van der Waals surface area (Å²) < 4.78 is 31.0. The lowest BCUT2D eigenvalue weighted by Gasteiger charge is -2.15. The third kappa shape index (κ3) is 1.60. The molecule has 1 aromatic carbocycles. The Morgan fingerprint density at radius 2 is 1.81 bits per heavy atom. The van der Waals surface area contributed by atoms with E-state index < -0.39 is 20.8 Å². The van der Waals surface area contributed by atoms with E-state index >= 15 is 0 Å². The van der Waals surface area contributed by atoms with Crippen LogP contribution in [0.4, 0.5) is 0 Å². The second-order valence-electron chi connectivity index (χ2n) is 3.38. The van der Waals surface area contributed by atoms with E-state index in [2.05, 4.69) is 6.58 Å². The van der Waals surface area contributed by atoms with E-state index in [4.69, 9.17) is 4.55 Å². The molecule has 1 aromatic rings. The Morgan fingerprint density at radius 1 is 1.19 bits per heavy atom. The van der Waals surface area contributed by atoms with Gasteiger partial charge in [0.2, 0.25) is 0 Å². The van der Waals surface area contributed by atoms with E-state index in [1.54, 1.807) is 24.3 Å². The van der Waals surface area contributed by atoms with Gasteiger partial charge in [-0.2, -0.15) is 8.42 Å². The Hall–Kier alpha value is -1.72. The fourth-order valence-corrected chi connectivity index (χ4v) is 2.24. The molecule has 4 nitrogen and oxygen atoms in total. The van der Waals surface area contributed by atoms with Crippen molar-refractivity contribution in [2.45, 2.75) is 0 Å². The third-order valence-corrected chi connectivity index (χ3v) is 3.26. The number of carbonyl (C=O) groups excluding carboxylic acids is 1. The fraction of sp³-hybridized carbons (Fsp3) is 0. The Balaban J connectivity index is 2.75. The van der Waals surface area contributed by atoms with Crippen LogP contribution >= 0.6 is 0 Å². The molecule has 5 heteroatoms. The highest BCUT2D eigenvalue weighted by Crippen LogP contribution is 2.29. The maximum absolute atomic E-state index is 11.8. The van der Waals surface area contributed by atoms with Crippen molar-refractivity contribution >= 4 is 22.0 Å². The van der Waals surface area contributed by atoms with E-state index in [1.807, 2.05) is 0 Å². The number of Topliss-reactive ketones (excluding diaryl/α,β-unsaturated/α-hetero) is 1. The quantitative estimate of drug-likeness (QED) is 0.594. The maximum Gasteiger partial charge on any atom is 0.295 e. The van der Waals surface area contributed by atoms with Crippen LogP contribution in [0.3, 0.4) is 0 Å². The van der Waals surface area contributed by atoms with E-state index in [0.29, 0.717) is 11.1 Å². The maximum atomic E-state index is 11.8. The largest absolute Gasteiger partial charge is 0.295 e. The zero-order valence-electron chi connectivity index (χ0n) is 8.17. The van der Waals surface area contributed by atoms with Crippen LogP contribution in [0.2, 0.25) is 0 Å². The van der Waals surface area contributed by atoms with Crippen LogP contribution in [0.1, 0.15) is 15.9 Å². The monoisotopic (exact) mass is 236 g/mol. The fourth-order valence-electron chi connectivity index (χ4n) is 1.56. The van der Waals surface area contributed by atoms with Crippen LogP contribution in [-0.2, 0) is 10.1 Å². The third-order valence-electron chi connectivity index (χ3n) is 2.34. The van der Waals surface area contributed by atoms with Crippen molar-refractivity contribution < 1.29 is 17.8 Å². The molecule has 0 amide bonds. The van der Waals surface area contributed by atoms with Crippen molar-refractivity contribution in [3.05, 3.63) is 52.4 Å². The van der Waals surface area contributed by atoms with Crippen LogP contribution in [-0.4, -0.2) is 18.8 Å². The van der Waals surface area contributed by atoms with E-state index in [-0.39, 0.29) is 5.57 Å². The first-order valence-corrected chi connectivity index (χ1v) is 5.87. The Kier molecular flexibility index (Phi) is 2.29. The Morgan fingerprint density at radius 3 is 2.44 bits per heavy atom. The van der Waals surface area contributed by atoms with Gasteiger partial charge in [0, 0.05) is 11.1 Å². The average molecular weight is 236 g/mol. The minimum absolute atomic E-state index is 0.207. The standard InChI is InChI=1S/C11H8O4S/c1-7-10(16(13,14)15)6-8-4-2-3-5-9(8)11(7)12/h2-6H,1H2,(H,13,14,15). The summed E-state index contributed by atoms with van der Waals surface area (Å²) in [5.74, 6) is -0.481. The number of rotatable bonds is 1. The Labute approximate surface area is 92.7 Å². The van der Waals surface area contributed by atoms with E-state index in [9.17, 15) is 13.2 Å². The van der Waals surface area contributed by atoms with Crippen LogP contribution < -0.4 is 0 Å². The number of ketones is 1. The topological polar surface area (TPSA) is 71.4 Å². The molecule has 2 rings (SSSR count). The number of carbonyl (C=O) groups is 1. The summed E-state index contributed by atoms with van der Waals surface area (Å²) in [4.78, 5) is 11.3. The molecule has 0 aliphatic heterocycles. The van der Waals surface area contributed by atoms with Crippen molar-refractivity contribution in [3.63, 3.8) is 0 Å². The van der Waals surface area contributed by atoms with Crippen molar-refractivity contribution in [3.8, 4) is 0 Å². The number of benzene rings is 1. The Bertz CT molecular complexity index is 623. The lowest BCUT2D eigenvalue weighted by molar-refractivity contribution is 0.103. The first-order chi connectivity index (χ1) is 7.41. The van der Waals surface area contributed by atoms with Gasteiger partial charge in [0.15, 0.2) is 5.78 Å². The van der Waals surface area contributed by atoms with Crippen LogP contribution in [0.15, 0.2) is 41.3 Å². The van der Waals surface area contributed by atoms with Gasteiger partial charge in [0.25, 0.3) is 10.1 Å². The minimum atomic E-state index is -4.41. The highest BCUT2D eigenvalue weighted by Gasteiger charge is 2.28. The van der Waals surface area contributed by atoms with Crippen molar-refractivity contribution in [2.75, 3.05) is 0 Å². The lowest BCUT2D eigenvalue weighted by Crippen LogP contribution is -2.16. The normalized spacial score (nSPS) is 15.7. The van der Waals surface area contributed by atoms with Crippen molar-refractivity contribution in [1.82, 2.24) is 0 Å². The summed E-state index contributed by atoms with van der Waals surface area (Å²) in [5, 5.41) is 0. The molecular formula is C11H8O4S. The van der Waals surface area contributed by atoms with E-state index in [0.717, 1.165) is 0 Å². The van der Waals surface area contributed by atoms with Gasteiger partial charge in [-0.1, -0.05) is 30.8 Å². The molecule has 0 saturated carbocycles. The van der Waals surface area contributed by atoms with Crippen molar-refractivity contribution in [1.29, 1.82) is 0 Å². The highest BCUT2D eigenvalue weighted by atomic mass is 32.2. The number of allylic oxidation sites excluding steroid dienone is 1. The second-order valence-corrected chi connectivity index (χ2v) is 4.77. The van der Waals surface area contributed by atoms with Crippen LogP contribution in [0.25, 0.3) is 6.08 Å². The van der Waals surface area contributed by atoms with Gasteiger partial charge < -0.3 is 0 Å². The van der Waals surface area contributed by atoms with Gasteiger partial charge >= 0.3 is 0 Å². The van der Waals surface area contributed by atoms with Gasteiger partial charge in [-0.15, -0.1) is 0 Å². The van der Waals surface area contributed by atoms with Gasteiger partial charge in [-0.3, -0.25) is 9.35 Å². The molecule has 0 saturated heterocycles. The lowest BCUT2D eigenvalue weighted by atomic mass is 9.93. The molecule has 0 fully saturated rings. The molecule has 1 aliphatic rings. The predicted octanol–water partition coefficient (Wildman–Crippen LogP) is 1.67. The molecule has 0 bridgehead atoms. The van der Waals surface area contributed by atoms with Crippen LogP contribution in [0.5, 0.6) is 0 Å². The van der Waals surface area contributed by atoms with Gasteiger partial charge in [-0.25, -0.2) is 0 Å². The first-order valence-electron chi connectivity index (χ1n) is 4.43. The summed E-state index contributed by atoms with van der Waals surface area (Å²) >= 11 is 0. The number of hydrogen-bond donors (Lipinski definition) is 1. The molecule has 82 valence electrons. The molecule has 0 unspecified atom stereocenters. The average Bonchev–Trinajstić information content (AvgIpc) is 2.22. The van der Waals surface area contributed by atoms with E-state index in [1.165, 1.54) is 6.08 Å². The molecule has 1 aliphatic carbocycles. The molecule has 16 heavy (non-hydrogen) atoms. The summed E-state index contributed by atoms with van der Waals surface area (Å²) in [7, 11) is -4.41. The van der Waals surface area contributed by atoms with Crippen LogP contribution in [0, 0.1) is 0 Å². The molecule has 0 spiro atoms. The number of hydrogen-bond acceptors (Lipinski definition) is 3. The number of fused-ring (bicyclic) bond motifs is 1. The van der Waals surface area contributed by atoms with Gasteiger partial charge in [-0.05, 0) is 11.6 Å². The summed E-state index contributed by atoms with van der Waals surface area (Å²) in [6, 6.07) is 6.54. The molecule has 0 radical (unpaired) electrons. The summed E-state index contributed by atoms with van der Waals surface area (Å²) in [6.07, 6.45) is 1.24. The summed E-state index contributed by atoms with van der Waals surface area (Å²) in [6.45, 7) is 3.38. The van der Waals surface area contributed by atoms with Gasteiger partial charge in [0.05, 0.1) is 0 Å². The SMILES string of the molecule is C=C1C(=O)c2ccccc2C=C1S(=O)(=O)O. The predicted molar refractivity (Wildman–Crippen MR) is 59.4 cm³/mol. The molecule has 0 atom stereocenters. The first kappa shape index (κ1) is 10.8. The summed E-state index contributed by atoms with van der Waals surface area (Å²) in [5.41, 5.74) is 0.647. The van der Waals surface area contributed by atoms with Crippen molar-refractivity contribution in [2.24, 2.45) is 0 Å². The smallest absolute Gasteiger partial charge is 0.289 e. The second kappa shape index (κ2) is 3.40. The molecular weight excluding hydrogens is 228 g/mol. The zero-order chi connectivity index (χ0) is 11.9. The van der Waals surface area contributed by atoms with Gasteiger partial charge in [0.1, 0.15) is 4.91 Å².